The summed E-state index contributed by atoms with van der Waals surface area (Å²) in [4.78, 5) is 15.7. The van der Waals surface area contributed by atoms with Crippen molar-refractivity contribution in [3.05, 3.63) is 123 Å². The van der Waals surface area contributed by atoms with Crippen LogP contribution in [0.5, 0.6) is 11.5 Å². The summed E-state index contributed by atoms with van der Waals surface area (Å²) in [6.45, 7) is 28.9. The average Bonchev–Trinajstić information content (AvgIpc) is 3.66. The van der Waals surface area contributed by atoms with Crippen LogP contribution in [0.2, 0.25) is 0 Å². The molecule has 0 bridgehead atoms. The Morgan fingerprint density at radius 2 is 1.58 bits per heavy atom. The molecular weight excluding hydrogens is 860 g/mol. The number of rotatable bonds is 3. The van der Waals surface area contributed by atoms with Crippen LogP contribution in [0.15, 0.2) is 59.7 Å². The SMILES string of the molecule is Cc1cnc2c(c1)c1cc(C(C)(C)C)cc3c1n2-c1[c-]c(Oc2[c-]c(C4=N[C@]5(C)c6cc(C)c(C)cc6C[C@]5(C(C)(C)C)O4)ccc2)c(C)nc1C3(C)C.[Pt+2]. The van der Waals surface area contributed by atoms with Gasteiger partial charge in [0.1, 0.15) is 22.7 Å². The van der Waals surface area contributed by atoms with E-state index in [9.17, 15) is 0 Å². The van der Waals surface area contributed by atoms with Crippen LogP contribution in [0.3, 0.4) is 0 Å². The van der Waals surface area contributed by atoms with E-state index in [0.717, 1.165) is 51.2 Å². The van der Waals surface area contributed by atoms with Crippen molar-refractivity contribution in [3.8, 4) is 17.2 Å². The minimum atomic E-state index is -0.542. The molecular formula is C48H50N4O2Pt. The molecule has 9 rings (SSSR count). The fourth-order valence-electron chi connectivity index (χ4n) is 9.42. The molecule has 0 spiro atoms. The van der Waals surface area contributed by atoms with Crippen molar-refractivity contribution >= 4 is 27.8 Å². The summed E-state index contributed by atoms with van der Waals surface area (Å²) < 4.78 is 16.0. The fourth-order valence-corrected chi connectivity index (χ4v) is 9.42. The van der Waals surface area contributed by atoms with Crippen molar-refractivity contribution in [1.82, 2.24) is 14.5 Å². The first kappa shape index (κ1) is 37.6. The number of ether oxygens (including phenoxy) is 2. The van der Waals surface area contributed by atoms with Crippen molar-refractivity contribution in [1.29, 1.82) is 0 Å². The third-order valence-electron chi connectivity index (χ3n) is 12.7. The maximum atomic E-state index is 7.08. The summed E-state index contributed by atoms with van der Waals surface area (Å²) in [6, 6.07) is 24.8. The summed E-state index contributed by atoms with van der Waals surface area (Å²) in [6.07, 6.45) is 2.75. The molecule has 0 fully saturated rings. The first-order valence-corrected chi connectivity index (χ1v) is 19.2. The molecule has 3 aliphatic rings. The van der Waals surface area contributed by atoms with E-state index in [1.54, 1.807) is 0 Å². The van der Waals surface area contributed by atoms with Gasteiger partial charge in [0.05, 0.1) is 5.52 Å². The molecule has 284 valence electrons. The maximum absolute atomic E-state index is 7.08. The fraction of sp³-hybridized carbons (Fsp3) is 0.396. The normalized spacial score (nSPS) is 20.8. The molecule has 0 N–H and O–H groups in total. The monoisotopic (exact) mass is 909 g/mol. The third-order valence-corrected chi connectivity index (χ3v) is 12.7. The van der Waals surface area contributed by atoms with E-state index in [1.807, 2.05) is 31.3 Å². The van der Waals surface area contributed by atoms with Gasteiger partial charge in [0.2, 0.25) is 0 Å². The van der Waals surface area contributed by atoms with Gasteiger partial charge in [-0.25, -0.2) is 4.98 Å². The van der Waals surface area contributed by atoms with Gasteiger partial charge in [0.25, 0.3) is 0 Å². The van der Waals surface area contributed by atoms with E-state index < -0.39 is 11.1 Å². The van der Waals surface area contributed by atoms with E-state index in [0.29, 0.717) is 17.4 Å². The van der Waals surface area contributed by atoms with Crippen LogP contribution >= 0.6 is 0 Å². The van der Waals surface area contributed by atoms with Gasteiger partial charge >= 0.3 is 21.1 Å². The Hall–Kier alpha value is -4.28. The maximum Gasteiger partial charge on any atom is 2.00 e. The molecule has 0 saturated carbocycles. The molecule has 0 saturated heterocycles. The number of aromatic nitrogens is 3. The molecule has 55 heavy (non-hydrogen) atoms. The van der Waals surface area contributed by atoms with Crippen LogP contribution in [0.4, 0.5) is 0 Å². The zero-order valence-electron chi connectivity index (χ0n) is 34.3. The molecule has 0 radical (unpaired) electrons. The van der Waals surface area contributed by atoms with E-state index in [-0.39, 0.29) is 37.3 Å². The molecule has 5 heterocycles. The average molecular weight is 910 g/mol. The zero-order chi connectivity index (χ0) is 38.5. The number of hydrogen-bond acceptors (Lipinski definition) is 5. The van der Waals surface area contributed by atoms with Gasteiger partial charge in [0.15, 0.2) is 0 Å². The van der Waals surface area contributed by atoms with Gasteiger partial charge in [-0.1, -0.05) is 92.1 Å². The number of benzene rings is 3. The van der Waals surface area contributed by atoms with Crippen LogP contribution in [-0.4, -0.2) is 26.0 Å². The molecule has 6 aromatic rings. The van der Waals surface area contributed by atoms with Crippen molar-refractivity contribution in [3.63, 3.8) is 0 Å². The third kappa shape index (κ3) is 5.19. The molecule has 0 unspecified atom stereocenters. The molecule has 7 heteroatoms. The molecule has 3 aromatic carbocycles. The molecule has 2 aliphatic heterocycles. The number of aryl methyl sites for hydroxylation is 4. The topological polar surface area (TPSA) is 61.5 Å². The number of hydrogen-bond donors (Lipinski definition) is 0. The van der Waals surface area contributed by atoms with Gasteiger partial charge in [-0.05, 0) is 107 Å². The van der Waals surface area contributed by atoms with Gasteiger partial charge < -0.3 is 19.0 Å². The summed E-state index contributed by atoms with van der Waals surface area (Å²) in [5, 5.41) is 2.34. The van der Waals surface area contributed by atoms with Crippen LogP contribution in [-0.2, 0) is 48.6 Å². The standard InChI is InChI=1S/C48H50N4O2.Pt/c1-26-17-35-34-21-32(44(5,6)7)22-37-40(34)52(42(35)49-25-26)38-23-39(29(4)50-41(38)46(37,11)12)53-33-16-14-15-30(20-33)43-51-47(13)36-19-28(3)27(2)18-31(36)24-48(47,54-43)45(8,9)10;/h14-19,21-22,25H,24H2,1-13H3;/q-2;+2/t47-,48-;/m1./s1. The minimum absolute atomic E-state index is 0. The van der Waals surface area contributed by atoms with E-state index in [1.165, 1.54) is 38.8 Å². The summed E-state index contributed by atoms with van der Waals surface area (Å²) in [7, 11) is 0. The molecule has 6 nitrogen and oxygen atoms in total. The summed E-state index contributed by atoms with van der Waals surface area (Å²) in [5.74, 6) is 1.71. The zero-order valence-corrected chi connectivity index (χ0v) is 36.6. The Balaban J connectivity index is 0.00000427. The smallest absolute Gasteiger partial charge is 0.510 e. The van der Waals surface area contributed by atoms with Gasteiger partial charge in [-0.15, -0.1) is 24.3 Å². The number of aliphatic imine (C=N–C) groups is 1. The van der Waals surface area contributed by atoms with Gasteiger partial charge in [0, 0.05) is 40.3 Å². The molecule has 3 aromatic heterocycles. The number of pyridine rings is 2. The Labute approximate surface area is 340 Å². The van der Waals surface area contributed by atoms with Crippen LogP contribution in [0.1, 0.15) is 118 Å². The van der Waals surface area contributed by atoms with Crippen molar-refractivity contribution in [2.24, 2.45) is 10.4 Å². The Morgan fingerprint density at radius 3 is 2.29 bits per heavy atom. The Kier molecular flexibility index (Phi) is 8.12. The number of nitrogens with zero attached hydrogens (tertiary/aromatic N) is 4. The molecule has 1 aliphatic carbocycles. The largest absolute Gasteiger partial charge is 2.00 e. The number of fused-ring (bicyclic) bond motifs is 8. The minimum Gasteiger partial charge on any atom is -0.510 e. The van der Waals surface area contributed by atoms with E-state index in [2.05, 4.69) is 130 Å². The van der Waals surface area contributed by atoms with Crippen molar-refractivity contribution in [2.75, 3.05) is 0 Å². The van der Waals surface area contributed by atoms with E-state index >= 15 is 0 Å². The first-order chi connectivity index (χ1) is 25.2. The summed E-state index contributed by atoms with van der Waals surface area (Å²) >= 11 is 0. The second-order valence-corrected chi connectivity index (χ2v) is 18.8. The molecule has 0 amide bonds. The second kappa shape index (κ2) is 11.9. The van der Waals surface area contributed by atoms with Gasteiger partial charge in [-0.2, -0.15) is 0 Å². The quantitative estimate of drug-likeness (QED) is 0.166. The van der Waals surface area contributed by atoms with E-state index in [4.69, 9.17) is 24.4 Å². The van der Waals surface area contributed by atoms with Gasteiger partial charge in [-0.3, -0.25) is 4.99 Å². The first-order valence-electron chi connectivity index (χ1n) is 19.2. The molecule has 2 atom stereocenters. The summed E-state index contributed by atoms with van der Waals surface area (Å²) in [5.41, 5.74) is 12.6. The second-order valence-electron chi connectivity index (χ2n) is 18.8. The predicted molar refractivity (Wildman–Crippen MR) is 218 cm³/mol. The van der Waals surface area contributed by atoms with Crippen molar-refractivity contribution < 1.29 is 30.5 Å². The van der Waals surface area contributed by atoms with Crippen molar-refractivity contribution in [2.45, 2.75) is 118 Å². The van der Waals surface area contributed by atoms with Crippen LogP contribution < -0.4 is 4.74 Å². The van der Waals surface area contributed by atoms with Crippen LogP contribution in [0.25, 0.3) is 27.6 Å². The van der Waals surface area contributed by atoms with Crippen LogP contribution in [0, 0.1) is 45.2 Å². The Morgan fingerprint density at radius 1 is 0.855 bits per heavy atom. The predicted octanol–water partition coefficient (Wildman–Crippen LogP) is 11.2. The Bertz CT molecular complexity index is 2650.